The highest BCUT2D eigenvalue weighted by Gasteiger charge is 2.28. The van der Waals surface area contributed by atoms with E-state index < -0.39 is 10.8 Å². The van der Waals surface area contributed by atoms with Crippen molar-refractivity contribution in [2.45, 2.75) is 38.7 Å². The largest absolute Gasteiger partial charge is 0.310 e. The number of amides is 1. The Labute approximate surface area is 167 Å². The van der Waals surface area contributed by atoms with E-state index >= 15 is 0 Å². The second-order valence-corrected chi connectivity index (χ2v) is 8.88. The van der Waals surface area contributed by atoms with Gasteiger partial charge in [-0.05, 0) is 38.0 Å². The van der Waals surface area contributed by atoms with Gasteiger partial charge < -0.3 is 5.32 Å². The third-order valence-electron chi connectivity index (χ3n) is 4.96. The number of nitrogens with one attached hydrogen (secondary N) is 1. The number of carbonyl (C=O) groups excluding carboxylic acids is 1. The van der Waals surface area contributed by atoms with Crippen LogP contribution in [0.25, 0.3) is 5.69 Å². The van der Waals surface area contributed by atoms with Gasteiger partial charge in [0.05, 0.1) is 29.3 Å². The van der Waals surface area contributed by atoms with E-state index in [0.29, 0.717) is 17.3 Å². The lowest BCUT2D eigenvalue weighted by Gasteiger charge is -2.13. The molecule has 0 saturated heterocycles. The summed E-state index contributed by atoms with van der Waals surface area (Å²) >= 11 is 0. The van der Waals surface area contributed by atoms with Crippen LogP contribution in [0, 0.1) is 20.8 Å². The molecule has 5 nitrogen and oxygen atoms in total. The van der Waals surface area contributed by atoms with Crippen LogP contribution in [0.15, 0.2) is 42.5 Å². The Bertz CT molecular complexity index is 1100. The predicted molar refractivity (Wildman–Crippen MR) is 112 cm³/mol. The normalized spacial score (nSPS) is 15.5. The second kappa shape index (κ2) is 7.36. The third kappa shape index (κ3) is 3.64. The van der Waals surface area contributed by atoms with Crippen molar-refractivity contribution in [3.63, 3.8) is 0 Å². The fourth-order valence-electron chi connectivity index (χ4n) is 3.66. The Morgan fingerprint density at radius 2 is 1.89 bits per heavy atom. The fraction of sp³-hybridized carbons (Fsp3) is 0.273. The number of hydrogen-bond acceptors (Lipinski definition) is 3. The summed E-state index contributed by atoms with van der Waals surface area (Å²) in [6.07, 6.45) is 0.289. The van der Waals surface area contributed by atoms with Gasteiger partial charge in [0.15, 0.2) is 0 Å². The molecule has 0 saturated carbocycles. The van der Waals surface area contributed by atoms with Crippen molar-refractivity contribution in [3.05, 3.63) is 76.0 Å². The molecular weight excluding hydrogens is 370 g/mol. The van der Waals surface area contributed by atoms with Crippen LogP contribution in [0.5, 0.6) is 0 Å². The van der Waals surface area contributed by atoms with Gasteiger partial charge in [-0.25, -0.2) is 4.68 Å². The minimum Gasteiger partial charge on any atom is -0.310 e. The first kappa shape index (κ1) is 18.6. The van der Waals surface area contributed by atoms with Crippen molar-refractivity contribution in [1.82, 2.24) is 9.78 Å². The van der Waals surface area contributed by atoms with Gasteiger partial charge in [0.25, 0.3) is 0 Å². The smallest absolute Gasteiger partial charge is 0.229 e. The Morgan fingerprint density at radius 3 is 2.64 bits per heavy atom. The highest BCUT2D eigenvalue weighted by Crippen LogP contribution is 2.32. The quantitative estimate of drug-likeness (QED) is 0.734. The Balaban J connectivity index is 1.69. The topological polar surface area (TPSA) is 64.0 Å². The molecule has 1 atom stereocenters. The van der Waals surface area contributed by atoms with E-state index in [9.17, 15) is 9.00 Å². The molecule has 144 valence electrons. The number of hydrogen-bond donors (Lipinski definition) is 1. The molecule has 2 heterocycles. The Hall–Kier alpha value is -2.73. The van der Waals surface area contributed by atoms with Crippen molar-refractivity contribution in [1.29, 1.82) is 0 Å². The number of fused-ring (bicyclic) bond motifs is 1. The zero-order chi connectivity index (χ0) is 19.8. The van der Waals surface area contributed by atoms with Gasteiger partial charge in [0.1, 0.15) is 5.82 Å². The zero-order valence-electron chi connectivity index (χ0n) is 16.3. The van der Waals surface area contributed by atoms with E-state index in [4.69, 9.17) is 0 Å². The first-order valence-electron chi connectivity index (χ1n) is 9.29. The van der Waals surface area contributed by atoms with Crippen LogP contribution in [0.3, 0.4) is 0 Å². The predicted octanol–water partition coefficient (Wildman–Crippen LogP) is 3.74. The van der Waals surface area contributed by atoms with Crippen molar-refractivity contribution in [2.24, 2.45) is 0 Å². The summed E-state index contributed by atoms with van der Waals surface area (Å²) < 4.78 is 13.8. The van der Waals surface area contributed by atoms with Gasteiger partial charge in [0, 0.05) is 16.4 Å². The summed E-state index contributed by atoms with van der Waals surface area (Å²) in [4.78, 5) is 12.8. The summed E-state index contributed by atoms with van der Waals surface area (Å²) in [6.45, 7) is 6.10. The molecule has 0 aliphatic carbocycles. The van der Waals surface area contributed by atoms with Crippen LogP contribution in [0.2, 0.25) is 0 Å². The molecule has 4 rings (SSSR count). The molecule has 0 bridgehead atoms. The van der Waals surface area contributed by atoms with Crippen molar-refractivity contribution >= 4 is 22.5 Å². The summed E-state index contributed by atoms with van der Waals surface area (Å²) in [5.74, 6) is 1.41. The molecule has 3 aromatic rings. The van der Waals surface area contributed by atoms with Crippen LogP contribution in [0.4, 0.5) is 5.82 Å². The molecule has 1 aromatic heterocycles. The number of aromatic nitrogens is 2. The van der Waals surface area contributed by atoms with Gasteiger partial charge in [-0.2, -0.15) is 5.10 Å². The number of carbonyl (C=O) groups is 1. The van der Waals surface area contributed by atoms with E-state index in [0.717, 1.165) is 33.6 Å². The van der Waals surface area contributed by atoms with E-state index in [1.807, 2.05) is 57.2 Å². The molecule has 28 heavy (non-hydrogen) atoms. The lowest BCUT2D eigenvalue weighted by molar-refractivity contribution is -0.115. The molecule has 1 amide bonds. The van der Waals surface area contributed by atoms with E-state index in [1.165, 1.54) is 5.56 Å². The maximum absolute atomic E-state index is 12.8. The van der Waals surface area contributed by atoms with Gasteiger partial charge >= 0.3 is 0 Å². The molecule has 0 fully saturated rings. The number of anilines is 1. The van der Waals surface area contributed by atoms with Gasteiger partial charge in [-0.1, -0.05) is 47.5 Å². The van der Waals surface area contributed by atoms with Crippen molar-refractivity contribution < 1.29 is 9.00 Å². The molecule has 0 spiro atoms. The minimum absolute atomic E-state index is 0.100. The van der Waals surface area contributed by atoms with Crippen LogP contribution in [-0.4, -0.2) is 19.9 Å². The molecule has 1 unspecified atom stereocenters. The highest BCUT2D eigenvalue weighted by atomic mass is 32.2. The van der Waals surface area contributed by atoms with Gasteiger partial charge in [-0.3, -0.25) is 9.00 Å². The van der Waals surface area contributed by atoms with E-state index in [-0.39, 0.29) is 12.3 Å². The number of benzene rings is 2. The lowest BCUT2D eigenvalue weighted by atomic mass is 10.1. The maximum atomic E-state index is 12.8. The molecule has 1 aliphatic heterocycles. The van der Waals surface area contributed by atoms with Gasteiger partial charge in [-0.15, -0.1) is 0 Å². The molecule has 6 heteroatoms. The summed E-state index contributed by atoms with van der Waals surface area (Å²) in [6, 6.07) is 14.1. The second-order valence-electron chi connectivity index (χ2n) is 7.42. The van der Waals surface area contributed by atoms with Crippen LogP contribution < -0.4 is 5.32 Å². The summed E-state index contributed by atoms with van der Waals surface area (Å²) in [7, 11) is -0.955. The van der Waals surface area contributed by atoms with Crippen LogP contribution in [-0.2, 0) is 33.5 Å². The summed E-state index contributed by atoms with van der Waals surface area (Å²) in [5, 5.41) is 7.73. The monoisotopic (exact) mass is 393 g/mol. The lowest BCUT2D eigenvalue weighted by Crippen LogP contribution is -2.18. The average Bonchev–Trinajstić information content (AvgIpc) is 3.12. The SMILES string of the molecule is Cc1cccc(CC(=O)Nc2c3c(nn2-c2ccc(C)cc2C)CS(=O)C3)c1. The Kier molecular flexibility index (Phi) is 4.89. The highest BCUT2D eigenvalue weighted by molar-refractivity contribution is 7.83. The van der Waals surface area contributed by atoms with E-state index in [1.54, 1.807) is 4.68 Å². The minimum atomic E-state index is -0.955. The molecule has 0 radical (unpaired) electrons. The number of rotatable bonds is 4. The average molecular weight is 394 g/mol. The first-order valence-corrected chi connectivity index (χ1v) is 10.8. The molecular formula is C22H23N3O2S. The standard InChI is InChI=1S/C22H23N3O2S/c1-14-5-4-6-17(10-14)11-21(26)23-22-18-12-28(27)13-19(18)24-25(22)20-8-7-15(2)9-16(20)3/h4-10H,11-13H2,1-3H3,(H,23,26). The Morgan fingerprint density at radius 1 is 1.11 bits per heavy atom. The molecule has 1 aliphatic rings. The maximum Gasteiger partial charge on any atom is 0.229 e. The van der Waals surface area contributed by atoms with Gasteiger partial charge in [0.2, 0.25) is 5.91 Å². The molecule has 2 aromatic carbocycles. The van der Waals surface area contributed by atoms with Crippen molar-refractivity contribution in [2.75, 3.05) is 5.32 Å². The van der Waals surface area contributed by atoms with Crippen LogP contribution in [0.1, 0.15) is 33.5 Å². The van der Waals surface area contributed by atoms with Crippen LogP contribution >= 0.6 is 0 Å². The number of nitrogens with zero attached hydrogens (tertiary/aromatic N) is 2. The molecule has 1 N–H and O–H groups in total. The zero-order valence-corrected chi connectivity index (χ0v) is 17.1. The fourth-order valence-corrected chi connectivity index (χ4v) is 4.92. The third-order valence-corrected chi connectivity index (χ3v) is 6.16. The van der Waals surface area contributed by atoms with E-state index in [2.05, 4.69) is 16.5 Å². The van der Waals surface area contributed by atoms with Crippen molar-refractivity contribution in [3.8, 4) is 5.69 Å². The number of aryl methyl sites for hydroxylation is 3. The first-order chi connectivity index (χ1) is 13.4. The summed E-state index contributed by atoms with van der Waals surface area (Å²) in [5.41, 5.74) is 6.97.